The Labute approximate surface area is 110 Å². The van der Waals surface area contributed by atoms with Gasteiger partial charge in [-0.3, -0.25) is 0 Å². The van der Waals surface area contributed by atoms with Gasteiger partial charge in [0.2, 0.25) is 0 Å². The summed E-state index contributed by atoms with van der Waals surface area (Å²) in [5, 5.41) is 0. The van der Waals surface area contributed by atoms with E-state index in [1.807, 2.05) is 0 Å². The van der Waals surface area contributed by atoms with E-state index >= 15 is 0 Å². The van der Waals surface area contributed by atoms with Crippen LogP contribution in [0.1, 0.15) is 25.8 Å². The van der Waals surface area contributed by atoms with Crippen molar-refractivity contribution in [2.75, 3.05) is 13.1 Å². The molecule has 1 aromatic carbocycles. The monoisotopic (exact) mass is 250 g/mol. The summed E-state index contributed by atoms with van der Waals surface area (Å²) >= 11 is 4.93. The van der Waals surface area contributed by atoms with E-state index < -0.39 is 0 Å². The molecule has 0 saturated heterocycles. The fourth-order valence-electron chi connectivity index (χ4n) is 1.80. The topological polar surface area (TPSA) is 29.3 Å². The van der Waals surface area contributed by atoms with Crippen LogP contribution in [0, 0.1) is 0 Å². The van der Waals surface area contributed by atoms with Gasteiger partial charge in [-0.25, -0.2) is 0 Å². The maximum Gasteiger partial charge on any atom is 0.0740 e. The third-order valence-electron chi connectivity index (χ3n) is 2.91. The Morgan fingerprint density at radius 3 is 2.41 bits per heavy atom. The van der Waals surface area contributed by atoms with Gasteiger partial charge < -0.3 is 10.6 Å². The van der Waals surface area contributed by atoms with E-state index in [4.69, 9.17) is 18.0 Å². The van der Waals surface area contributed by atoms with Gasteiger partial charge in [-0.1, -0.05) is 42.5 Å². The number of thiocarbonyl (C=S) groups is 1. The van der Waals surface area contributed by atoms with Crippen molar-refractivity contribution in [3.05, 3.63) is 35.9 Å². The Morgan fingerprint density at radius 1 is 1.24 bits per heavy atom. The highest BCUT2D eigenvalue weighted by atomic mass is 32.1. The minimum atomic E-state index is 0.535. The second kappa shape index (κ2) is 7.41. The predicted octanol–water partition coefficient (Wildman–Crippen LogP) is 2.62. The number of hydrogen-bond acceptors (Lipinski definition) is 2. The minimum Gasteiger partial charge on any atom is -0.393 e. The van der Waals surface area contributed by atoms with Crippen LogP contribution in [0.15, 0.2) is 30.3 Å². The van der Waals surface area contributed by atoms with Gasteiger partial charge in [0.25, 0.3) is 0 Å². The maximum atomic E-state index is 5.55. The van der Waals surface area contributed by atoms with Crippen LogP contribution in [-0.4, -0.2) is 29.0 Å². The molecule has 0 saturated carbocycles. The molecule has 0 unspecified atom stereocenters. The molecule has 0 radical (unpaired) electrons. The number of rotatable bonds is 7. The first-order chi connectivity index (χ1) is 8.09. The number of hydrogen-bond donors (Lipinski definition) is 1. The molecule has 1 aromatic rings. The molecule has 0 spiro atoms. The summed E-state index contributed by atoms with van der Waals surface area (Å²) in [6.07, 6.45) is 1.89. The molecule has 0 aliphatic carbocycles. The van der Waals surface area contributed by atoms with Crippen molar-refractivity contribution in [1.29, 1.82) is 0 Å². The summed E-state index contributed by atoms with van der Waals surface area (Å²) in [6, 6.07) is 11.1. The third kappa shape index (κ3) is 5.80. The fraction of sp³-hybridized carbons (Fsp3) is 0.500. The molecule has 2 N–H and O–H groups in total. The van der Waals surface area contributed by atoms with Crippen LogP contribution in [0.3, 0.4) is 0 Å². The van der Waals surface area contributed by atoms with Crippen molar-refractivity contribution in [3.63, 3.8) is 0 Å². The molecular weight excluding hydrogens is 228 g/mol. The zero-order chi connectivity index (χ0) is 12.7. The first-order valence-electron chi connectivity index (χ1n) is 6.16. The van der Waals surface area contributed by atoms with Crippen LogP contribution in [0.2, 0.25) is 0 Å². The summed E-state index contributed by atoms with van der Waals surface area (Å²) in [7, 11) is 0. The molecule has 3 heteroatoms. The first-order valence-corrected chi connectivity index (χ1v) is 6.56. The maximum absolute atomic E-state index is 5.55. The second-order valence-electron chi connectivity index (χ2n) is 4.58. The van der Waals surface area contributed by atoms with Gasteiger partial charge >= 0.3 is 0 Å². The molecule has 94 valence electrons. The van der Waals surface area contributed by atoms with E-state index in [2.05, 4.69) is 49.1 Å². The van der Waals surface area contributed by atoms with E-state index in [-0.39, 0.29) is 0 Å². The van der Waals surface area contributed by atoms with E-state index in [9.17, 15) is 0 Å². The second-order valence-corrected chi connectivity index (χ2v) is 5.11. The molecule has 0 amide bonds. The normalized spacial score (nSPS) is 11.1. The zero-order valence-corrected chi connectivity index (χ0v) is 11.5. The Kier molecular flexibility index (Phi) is 6.16. The molecule has 0 bridgehead atoms. The summed E-state index contributed by atoms with van der Waals surface area (Å²) < 4.78 is 0. The molecule has 2 nitrogen and oxygen atoms in total. The lowest BCUT2D eigenvalue weighted by molar-refractivity contribution is 0.231. The standard InChI is InChI=1S/C14H22N2S/c1-12(2)16(11-9-14(15)17)10-8-13-6-4-3-5-7-13/h3-7,12H,8-11H2,1-2H3,(H2,15,17). The van der Waals surface area contributed by atoms with Crippen LogP contribution in [-0.2, 0) is 6.42 Å². The zero-order valence-electron chi connectivity index (χ0n) is 10.7. The summed E-state index contributed by atoms with van der Waals surface area (Å²) in [5.74, 6) is 0. The predicted molar refractivity (Wildman–Crippen MR) is 78.3 cm³/mol. The van der Waals surface area contributed by atoms with Crippen molar-refractivity contribution in [2.24, 2.45) is 5.73 Å². The fourth-order valence-corrected chi connectivity index (χ4v) is 1.89. The van der Waals surface area contributed by atoms with Crippen LogP contribution in [0.5, 0.6) is 0 Å². The summed E-state index contributed by atoms with van der Waals surface area (Å²) in [4.78, 5) is 3.03. The average Bonchev–Trinajstić information content (AvgIpc) is 2.29. The Hall–Kier alpha value is -0.930. The molecule has 17 heavy (non-hydrogen) atoms. The van der Waals surface area contributed by atoms with Gasteiger partial charge in [0.15, 0.2) is 0 Å². The highest BCUT2D eigenvalue weighted by molar-refractivity contribution is 7.80. The first kappa shape index (κ1) is 14.1. The Balaban J connectivity index is 2.42. The van der Waals surface area contributed by atoms with Crippen molar-refractivity contribution < 1.29 is 0 Å². The van der Waals surface area contributed by atoms with Crippen molar-refractivity contribution in [3.8, 4) is 0 Å². The smallest absolute Gasteiger partial charge is 0.0740 e. The molecule has 0 aliphatic rings. The van der Waals surface area contributed by atoms with Gasteiger partial charge in [-0.2, -0.15) is 0 Å². The van der Waals surface area contributed by atoms with Crippen molar-refractivity contribution >= 4 is 17.2 Å². The van der Waals surface area contributed by atoms with E-state index in [0.717, 1.165) is 25.9 Å². The summed E-state index contributed by atoms with van der Waals surface area (Å²) in [6.45, 7) is 6.44. The van der Waals surface area contributed by atoms with Gasteiger partial charge in [0.05, 0.1) is 4.99 Å². The highest BCUT2D eigenvalue weighted by Crippen LogP contribution is 2.05. The summed E-state index contributed by atoms with van der Waals surface area (Å²) in [5.41, 5.74) is 6.94. The van der Waals surface area contributed by atoms with Gasteiger partial charge in [-0.05, 0) is 25.8 Å². The number of nitrogens with zero attached hydrogens (tertiary/aromatic N) is 1. The average molecular weight is 250 g/mol. The Morgan fingerprint density at radius 2 is 1.88 bits per heavy atom. The molecule has 0 atom stereocenters. The van der Waals surface area contributed by atoms with E-state index in [1.165, 1.54) is 5.56 Å². The molecule has 1 rings (SSSR count). The minimum absolute atomic E-state index is 0.535. The lowest BCUT2D eigenvalue weighted by atomic mass is 10.1. The van der Waals surface area contributed by atoms with Crippen LogP contribution in [0.25, 0.3) is 0 Å². The number of nitrogens with two attached hydrogens (primary N) is 1. The number of benzene rings is 1. The quantitative estimate of drug-likeness (QED) is 0.754. The SMILES string of the molecule is CC(C)N(CCC(N)=S)CCc1ccccc1. The Bertz CT molecular complexity index is 335. The lowest BCUT2D eigenvalue weighted by Gasteiger charge is -2.26. The van der Waals surface area contributed by atoms with E-state index in [1.54, 1.807) is 0 Å². The molecule has 0 heterocycles. The molecular formula is C14H22N2S. The van der Waals surface area contributed by atoms with Crippen LogP contribution in [0.4, 0.5) is 0 Å². The molecule has 0 aromatic heterocycles. The molecule has 0 fully saturated rings. The van der Waals surface area contributed by atoms with Gasteiger partial charge in [0.1, 0.15) is 0 Å². The van der Waals surface area contributed by atoms with Crippen molar-refractivity contribution in [1.82, 2.24) is 4.90 Å². The van der Waals surface area contributed by atoms with Crippen LogP contribution < -0.4 is 5.73 Å². The third-order valence-corrected chi connectivity index (χ3v) is 3.11. The van der Waals surface area contributed by atoms with Gasteiger partial charge in [-0.15, -0.1) is 0 Å². The highest BCUT2D eigenvalue weighted by Gasteiger charge is 2.09. The van der Waals surface area contributed by atoms with Crippen LogP contribution >= 0.6 is 12.2 Å². The lowest BCUT2D eigenvalue weighted by Crippen LogP contribution is -2.35. The van der Waals surface area contributed by atoms with E-state index in [0.29, 0.717) is 11.0 Å². The molecule has 0 aliphatic heterocycles. The van der Waals surface area contributed by atoms with Gasteiger partial charge in [0, 0.05) is 25.6 Å². The largest absolute Gasteiger partial charge is 0.393 e. The van der Waals surface area contributed by atoms with Crippen molar-refractivity contribution in [2.45, 2.75) is 32.7 Å².